The van der Waals surface area contributed by atoms with E-state index in [0.717, 1.165) is 12.1 Å². The number of nitrogens with zero attached hydrogens (tertiary/aromatic N) is 7. The van der Waals surface area contributed by atoms with E-state index >= 15 is 0 Å². The number of anilines is 2. The molecule has 1 N–H and O–H groups in total. The highest BCUT2D eigenvalue weighted by atomic mass is 19.4. The average molecular weight is 610 g/mol. The number of rotatable bonds is 8. The highest BCUT2D eigenvalue weighted by Gasteiger charge is 2.41. The van der Waals surface area contributed by atoms with Gasteiger partial charge < -0.3 is 13.7 Å². The van der Waals surface area contributed by atoms with E-state index in [1.807, 2.05) is 14.1 Å². The van der Waals surface area contributed by atoms with Gasteiger partial charge in [0.15, 0.2) is 0 Å². The van der Waals surface area contributed by atoms with Crippen LogP contribution in [0.2, 0.25) is 0 Å². The number of hydrogen-bond acceptors (Lipinski definition) is 9. The Hall–Kier alpha value is -5.23. The first-order valence-corrected chi connectivity index (χ1v) is 13.4. The second kappa shape index (κ2) is 11.5. The normalized spacial score (nSPS) is 15.2. The van der Waals surface area contributed by atoms with Crippen molar-refractivity contribution in [2.45, 2.75) is 32.1 Å². The van der Waals surface area contributed by atoms with Gasteiger partial charge in [0.2, 0.25) is 18.2 Å². The zero-order valence-electron chi connectivity index (χ0n) is 24.2. The van der Waals surface area contributed by atoms with Crippen LogP contribution in [0.25, 0.3) is 0 Å². The van der Waals surface area contributed by atoms with Gasteiger partial charge in [-0.05, 0) is 48.4 Å². The molecule has 0 saturated carbocycles. The molecule has 0 amide bonds. The fourth-order valence-corrected chi connectivity index (χ4v) is 5.38. The number of quaternary nitrogens is 1. The predicted octanol–water partition coefficient (Wildman–Crippen LogP) is 3.85. The van der Waals surface area contributed by atoms with Crippen LogP contribution >= 0.6 is 0 Å². The fourth-order valence-electron chi connectivity index (χ4n) is 5.38. The number of aromatic amines is 1. The summed E-state index contributed by atoms with van der Waals surface area (Å²) in [5.41, 5.74) is 0.241. The molecule has 3 heterocycles. The van der Waals surface area contributed by atoms with E-state index in [9.17, 15) is 28.0 Å². The summed E-state index contributed by atoms with van der Waals surface area (Å²) in [4.78, 5) is 32.2. The van der Waals surface area contributed by atoms with Crippen molar-refractivity contribution >= 4 is 17.6 Å². The lowest BCUT2D eigenvalue weighted by molar-refractivity contribution is -0.904. The van der Waals surface area contributed by atoms with E-state index in [2.05, 4.69) is 26.4 Å². The number of allylic oxidation sites excluding steroid dienone is 1. The van der Waals surface area contributed by atoms with Crippen LogP contribution in [0.15, 0.2) is 69.4 Å². The first kappa shape index (κ1) is 30.2. The molecule has 0 radical (unpaired) electrons. The third-order valence-electron chi connectivity index (χ3n) is 7.51. The molecule has 0 fully saturated rings. The van der Waals surface area contributed by atoms with Crippen LogP contribution in [0.4, 0.5) is 24.8 Å². The minimum atomic E-state index is -4.63. The molecular formula is C29H28F3N8O4+. The quantitative estimate of drug-likeness (QED) is 0.233. The van der Waals surface area contributed by atoms with E-state index in [1.165, 1.54) is 35.1 Å². The maximum atomic E-state index is 13.6. The van der Waals surface area contributed by atoms with E-state index in [4.69, 9.17) is 9.26 Å². The Morgan fingerprint density at radius 1 is 1.23 bits per heavy atom. The number of alkyl halides is 3. The third-order valence-corrected chi connectivity index (χ3v) is 7.51. The monoisotopic (exact) mass is 609 g/mol. The van der Waals surface area contributed by atoms with Crippen molar-refractivity contribution in [1.82, 2.24) is 24.9 Å². The number of likely N-dealkylation sites (N-methyl/N-ethyl adjacent to an activating group) is 1. The number of nitrogens with one attached hydrogen (secondary N) is 1. The number of nitriles is 1. The Kier molecular flexibility index (Phi) is 7.87. The number of methoxy groups -OCH3 is 1. The minimum Gasteiger partial charge on any atom is -0.466 e. The van der Waals surface area contributed by atoms with Crippen molar-refractivity contribution in [1.29, 1.82) is 5.26 Å². The summed E-state index contributed by atoms with van der Waals surface area (Å²) in [6, 6.07) is 10.5. The van der Waals surface area contributed by atoms with Gasteiger partial charge >= 0.3 is 17.8 Å². The topological polar surface area (TPSA) is 143 Å². The van der Waals surface area contributed by atoms with Gasteiger partial charge in [-0.2, -0.15) is 23.4 Å². The van der Waals surface area contributed by atoms with Crippen LogP contribution in [0.5, 0.6) is 0 Å². The molecule has 15 heteroatoms. The molecular weight excluding hydrogens is 581 g/mol. The number of ether oxygens (including phenoxy) is 1. The van der Waals surface area contributed by atoms with Gasteiger partial charge in [0, 0.05) is 17.8 Å². The second-order valence-corrected chi connectivity index (χ2v) is 10.9. The summed E-state index contributed by atoms with van der Waals surface area (Å²) in [6.07, 6.45) is -2.96. The average Bonchev–Trinajstić information content (AvgIpc) is 3.63. The van der Waals surface area contributed by atoms with E-state index in [0.29, 0.717) is 46.5 Å². The van der Waals surface area contributed by atoms with E-state index in [-0.39, 0.29) is 22.9 Å². The van der Waals surface area contributed by atoms with Crippen LogP contribution in [-0.4, -0.2) is 63.1 Å². The Labute approximate surface area is 249 Å². The Bertz CT molecular complexity index is 1830. The van der Waals surface area contributed by atoms with Crippen LogP contribution in [-0.2, 0) is 28.7 Å². The van der Waals surface area contributed by atoms with Gasteiger partial charge in [-0.15, -0.1) is 5.10 Å². The smallest absolute Gasteiger partial charge is 0.416 e. The van der Waals surface area contributed by atoms with Crippen LogP contribution in [0, 0.1) is 11.3 Å². The molecule has 228 valence electrons. The minimum absolute atomic E-state index is 0.0204. The zero-order valence-corrected chi connectivity index (χ0v) is 24.2. The molecule has 1 aliphatic rings. The molecule has 44 heavy (non-hydrogen) atoms. The number of fused-ring (bicyclic) bond motifs is 1. The Morgan fingerprint density at radius 3 is 2.66 bits per heavy atom. The molecule has 0 aliphatic carbocycles. The van der Waals surface area contributed by atoms with Gasteiger partial charge in [-0.3, -0.25) is 4.90 Å². The molecule has 0 saturated heterocycles. The number of esters is 1. The van der Waals surface area contributed by atoms with E-state index < -0.39 is 29.4 Å². The first-order valence-electron chi connectivity index (χ1n) is 13.4. The van der Waals surface area contributed by atoms with Gasteiger partial charge in [0.25, 0.3) is 0 Å². The van der Waals surface area contributed by atoms with Gasteiger partial charge in [-0.1, -0.05) is 17.3 Å². The molecule has 12 nitrogen and oxygen atoms in total. The molecule has 0 spiro atoms. The number of aromatic nitrogens is 5. The molecule has 4 aromatic rings. The fraction of sp³-hybridized carbons (Fsp3) is 0.310. The number of halogens is 3. The van der Waals surface area contributed by atoms with Crippen LogP contribution in [0.3, 0.4) is 0 Å². The molecule has 5 rings (SSSR count). The van der Waals surface area contributed by atoms with E-state index in [1.54, 1.807) is 25.1 Å². The van der Waals surface area contributed by atoms with Gasteiger partial charge in [0.1, 0.15) is 12.6 Å². The standard InChI is InChI=1S/C29H27F3N8O4/c1-17-24(26(41)43-4)25(39-27(35-36-28(39)42)38(17)21-7-5-6-20(13-21)29(30,31)32)22-9-8-18(14-33)12-19(22)10-11-40(2,3)15-23-34-16-44-37-23/h5-9,12-13,16,25H,10-11,15H2,1-4H3/p+1/t25-/m1/s1. The summed E-state index contributed by atoms with van der Waals surface area (Å²) in [6.45, 7) is 2.55. The first-order chi connectivity index (χ1) is 20.8. The molecule has 1 atom stereocenters. The lowest BCUT2D eigenvalue weighted by atomic mass is 9.89. The molecule has 0 bridgehead atoms. The summed E-state index contributed by atoms with van der Waals surface area (Å²) >= 11 is 0. The number of H-pyrrole nitrogens is 1. The SMILES string of the molecule is COC(=O)C1=C(C)N(c2cccc(C(F)(F)F)c2)c2n[nH]c(=O)n2[C@@H]1c1ccc(C#N)cc1CC[N+](C)(C)Cc1ncon1. The Morgan fingerprint density at radius 2 is 2.00 bits per heavy atom. The van der Waals surface area contributed by atoms with Gasteiger partial charge in [-0.25, -0.2) is 19.3 Å². The van der Waals surface area contributed by atoms with Gasteiger partial charge in [0.05, 0.1) is 50.5 Å². The molecule has 1 aliphatic heterocycles. The zero-order chi connectivity index (χ0) is 31.8. The van der Waals surface area contributed by atoms with Crippen molar-refractivity contribution < 1.29 is 31.7 Å². The number of carbonyl (C=O) groups excluding carboxylic acids is 1. The summed E-state index contributed by atoms with van der Waals surface area (Å²) in [5, 5.41) is 20.1. The van der Waals surface area contributed by atoms with Crippen molar-refractivity contribution in [3.63, 3.8) is 0 Å². The maximum absolute atomic E-state index is 13.6. The lowest BCUT2D eigenvalue weighted by Crippen LogP contribution is -2.41. The van der Waals surface area contributed by atoms with Crippen molar-refractivity contribution in [2.75, 3.05) is 32.6 Å². The largest absolute Gasteiger partial charge is 0.466 e. The summed E-state index contributed by atoms with van der Waals surface area (Å²) < 4.78 is 52.5. The third kappa shape index (κ3) is 5.71. The highest BCUT2D eigenvalue weighted by Crippen LogP contribution is 2.43. The molecule has 2 aromatic carbocycles. The predicted molar refractivity (Wildman–Crippen MR) is 149 cm³/mol. The number of carbonyl (C=O) groups is 1. The van der Waals surface area contributed by atoms with Crippen molar-refractivity contribution in [2.24, 2.45) is 0 Å². The van der Waals surface area contributed by atoms with Crippen LogP contribution in [0.1, 0.15) is 41.0 Å². The van der Waals surface area contributed by atoms with Crippen molar-refractivity contribution in [3.8, 4) is 6.07 Å². The highest BCUT2D eigenvalue weighted by molar-refractivity contribution is 5.93. The Balaban J connectivity index is 1.66. The molecule has 0 unspecified atom stereocenters. The summed E-state index contributed by atoms with van der Waals surface area (Å²) in [7, 11) is 5.13. The summed E-state index contributed by atoms with van der Waals surface area (Å²) in [5.74, 6) is -0.288. The maximum Gasteiger partial charge on any atom is 0.416 e. The number of hydrogen-bond donors (Lipinski definition) is 1. The van der Waals surface area contributed by atoms with Crippen LogP contribution < -0.4 is 10.6 Å². The lowest BCUT2D eigenvalue weighted by Gasteiger charge is -2.36. The van der Waals surface area contributed by atoms with Crippen molar-refractivity contribution in [3.05, 3.63) is 98.7 Å². The molecule has 2 aromatic heterocycles. The second-order valence-electron chi connectivity index (χ2n) is 10.9. The number of benzene rings is 2.